The van der Waals surface area contributed by atoms with Crippen LogP contribution in [0.3, 0.4) is 0 Å². The van der Waals surface area contributed by atoms with E-state index in [1.165, 1.54) is 0 Å². The number of hydrogen-bond acceptors (Lipinski definition) is 8. The van der Waals surface area contributed by atoms with Gasteiger partial charge in [-0.2, -0.15) is 20.1 Å². The SMILES string of the molecule is CO[C@H]1CCN(c2cc(N3C4CCC3COC4)nc3c2c(C#N)nn3-c2ccn[nH]2)[C@H](C)C1. The van der Waals surface area contributed by atoms with E-state index in [-0.39, 0.29) is 12.1 Å². The van der Waals surface area contributed by atoms with E-state index in [1.807, 2.05) is 6.07 Å². The van der Waals surface area contributed by atoms with Crippen molar-refractivity contribution in [2.45, 2.75) is 56.8 Å². The van der Waals surface area contributed by atoms with Crippen LogP contribution in [-0.2, 0) is 9.47 Å². The number of hydrogen-bond donors (Lipinski definition) is 1. The predicted molar refractivity (Wildman–Crippen MR) is 123 cm³/mol. The van der Waals surface area contributed by atoms with Gasteiger partial charge in [0.25, 0.3) is 0 Å². The molecule has 3 aliphatic heterocycles. The topological polar surface area (TPSA) is 108 Å². The highest BCUT2D eigenvalue weighted by Crippen LogP contribution is 2.40. The fourth-order valence-electron chi connectivity index (χ4n) is 5.76. The third kappa shape index (κ3) is 3.26. The quantitative estimate of drug-likeness (QED) is 0.648. The van der Waals surface area contributed by atoms with E-state index in [0.717, 1.165) is 62.3 Å². The number of nitriles is 1. The number of anilines is 2. The van der Waals surface area contributed by atoms with E-state index in [4.69, 9.17) is 14.5 Å². The van der Waals surface area contributed by atoms with Gasteiger partial charge >= 0.3 is 0 Å². The number of pyridine rings is 1. The minimum absolute atomic E-state index is 0.256. The van der Waals surface area contributed by atoms with Gasteiger partial charge in [0.2, 0.25) is 0 Å². The van der Waals surface area contributed by atoms with Gasteiger partial charge < -0.3 is 19.3 Å². The van der Waals surface area contributed by atoms with Crippen molar-refractivity contribution >= 4 is 22.5 Å². The maximum atomic E-state index is 9.98. The molecule has 0 saturated carbocycles. The number of nitrogens with zero attached hydrogens (tertiary/aromatic N) is 7. The molecule has 33 heavy (non-hydrogen) atoms. The van der Waals surface area contributed by atoms with E-state index < -0.39 is 0 Å². The van der Waals surface area contributed by atoms with Crippen LogP contribution in [0.25, 0.3) is 16.9 Å². The molecule has 1 N–H and O–H groups in total. The van der Waals surface area contributed by atoms with Crippen molar-refractivity contribution in [3.8, 4) is 11.9 Å². The van der Waals surface area contributed by atoms with Crippen LogP contribution in [0.4, 0.5) is 11.5 Å². The molecular weight excluding hydrogens is 420 g/mol. The molecule has 172 valence electrons. The number of aromatic nitrogens is 5. The molecule has 0 radical (unpaired) electrons. The van der Waals surface area contributed by atoms with Crippen LogP contribution in [0.1, 0.15) is 38.3 Å². The molecule has 0 spiro atoms. The number of piperidine rings is 1. The summed E-state index contributed by atoms with van der Waals surface area (Å²) in [6, 6.07) is 7.24. The fourth-order valence-corrected chi connectivity index (χ4v) is 5.76. The van der Waals surface area contributed by atoms with Gasteiger partial charge in [-0.05, 0) is 32.6 Å². The molecule has 4 atom stereocenters. The molecule has 2 bridgehead atoms. The minimum atomic E-state index is 0.256. The summed E-state index contributed by atoms with van der Waals surface area (Å²) in [5.74, 6) is 1.62. The lowest BCUT2D eigenvalue weighted by Crippen LogP contribution is -2.47. The number of nitrogens with one attached hydrogen (secondary N) is 1. The molecule has 10 heteroatoms. The molecule has 0 aromatic carbocycles. The van der Waals surface area contributed by atoms with Crippen molar-refractivity contribution in [1.29, 1.82) is 5.26 Å². The van der Waals surface area contributed by atoms with Gasteiger partial charge in [0.1, 0.15) is 11.9 Å². The number of H-pyrrole nitrogens is 1. The van der Waals surface area contributed by atoms with Crippen LogP contribution in [-0.4, -0.2) is 76.1 Å². The summed E-state index contributed by atoms with van der Waals surface area (Å²) in [6.45, 7) is 4.53. The van der Waals surface area contributed by atoms with Gasteiger partial charge in [-0.3, -0.25) is 5.10 Å². The number of methoxy groups -OCH3 is 1. The van der Waals surface area contributed by atoms with Crippen LogP contribution in [0.15, 0.2) is 18.3 Å². The number of ether oxygens (including phenoxy) is 2. The second-order valence-corrected chi connectivity index (χ2v) is 9.27. The number of aromatic amines is 1. The second kappa shape index (κ2) is 8.01. The van der Waals surface area contributed by atoms with Crippen LogP contribution in [0, 0.1) is 11.3 Å². The Hall–Kier alpha value is -3.16. The van der Waals surface area contributed by atoms with Crippen molar-refractivity contribution < 1.29 is 9.47 Å². The molecule has 3 aromatic heterocycles. The standard InChI is InChI=1S/C23H28N8O2/c1-14-9-17(32-2)6-8-29(14)19-10-21(30-15-3-4-16(30)13-33-12-15)26-23-22(19)18(11-24)28-31(23)20-5-7-25-27-20/h5,7,10,14-17H,3-4,6,8-9,12-13H2,1-2H3,(H,25,27)/t14-,15?,16?,17+/m1/s1. The van der Waals surface area contributed by atoms with Crippen molar-refractivity contribution in [2.75, 3.05) is 36.7 Å². The van der Waals surface area contributed by atoms with Crippen LogP contribution in [0.2, 0.25) is 0 Å². The summed E-state index contributed by atoms with van der Waals surface area (Å²) in [4.78, 5) is 9.92. The third-order valence-corrected chi connectivity index (χ3v) is 7.40. The van der Waals surface area contributed by atoms with Gasteiger partial charge in [-0.15, -0.1) is 0 Å². The molecular formula is C23H28N8O2. The first-order valence-electron chi connectivity index (χ1n) is 11.7. The normalized spacial score (nSPS) is 27.3. The Morgan fingerprint density at radius 2 is 2.06 bits per heavy atom. The summed E-state index contributed by atoms with van der Waals surface area (Å²) in [5, 5.41) is 22.5. The van der Waals surface area contributed by atoms with Crippen molar-refractivity contribution in [2.24, 2.45) is 0 Å². The fraction of sp³-hybridized carbons (Fsp3) is 0.565. The first-order valence-corrected chi connectivity index (χ1v) is 11.7. The Labute approximate surface area is 192 Å². The Kier molecular flexibility index (Phi) is 4.96. The average Bonchev–Trinajstić information content (AvgIpc) is 3.54. The number of rotatable bonds is 4. The van der Waals surface area contributed by atoms with Crippen LogP contribution >= 0.6 is 0 Å². The first kappa shape index (κ1) is 20.4. The Morgan fingerprint density at radius 3 is 2.73 bits per heavy atom. The molecule has 0 amide bonds. The highest BCUT2D eigenvalue weighted by Gasteiger charge is 2.39. The monoisotopic (exact) mass is 448 g/mol. The highest BCUT2D eigenvalue weighted by atomic mass is 16.5. The summed E-state index contributed by atoms with van der Waals surface area (Å²) >= 11 is 0. The zero-order chi connectivity index (χ0) is 22.5. The molecule has 6 heterocycles. The van der Waals surface area contributed by atoms with Gasteiger partial charge in [0, 0.05) is 31.8 Å². The largest absolute Gasteiger partial charge is 0.381 e. The zero-order valence-corrected chi connectivity index (χ0v) is 18.9. The van der Waals surface area contributed by atoms with Gasteiger partial charge in [-0.25, -0.2) is 4.98 Å². The zero-order valence-electron chi connectivity index (χ0n) is 18.9. The molecule has 10 nitrogen and oxygen atoms in total. The van der Waals surface area contributed by atoms with Crippen molar-refractivity contribution in [1.82, 2.24) is 25.0 Å². The molecule has 0 aliphatic carbocycles. The molecule has 3 fully saturated rings. The van der Waals surface area contributed by atoms with E-state index >= 15 is 0 Å². The summed E-state index contributed by atoms with van der Waals surface area (Å²) < 4.78 is 13.2. The summed E-state index contributed by atoms with van der Waals surface area (Å²) in [6.07, 6.45) is 6.04. The Bertz CT molecular complexity index is 1180. The summed E-state index contributed by atoms with van der Waals surface area (Å²) in [5.41, 5.74) is 2.07. The Balaban J connectivity index is 1.55. The smallest absolute Gasteiger partial charge is 0.174 e. The van der Waals surface area contributed by atoms with Gasteiger partial charge in [0.05, 0.1) is 48.7 Å². The molecule has 3 aromatic rings. The van der Waals surface area contributed by atoms with E-state index in [2.05, 4.69) is 44.2 Å². The summed E-state index contributed by atoms with van der Waals surface area (Å²) in [7, 11) is 1.78. The molecule has 6 rings (SSSR count). The lowest BCUT2D eigenvalue weighted by atomic mass is 9.99. The van der Waals surface area contributed by atoms with Crippen LogP contribution < -0.4 is 9.80 Å². The maximum absolute atomic E-state index is 9.98. The molecule has 3 aliphatic rings. The van der Waals surface area contributed by atoms with Crippen LogP contribution in [0.5, 0.6) is 0 Å². The molecule has 2 unspecified atom stereocenters. The lowest BCUT2D eigenvalue weighted by Gasteiger charge is -2.40. The number of morpholine rings is 1. The Morgan fingerprint density at radius 1 is 1.24 bits per heavy atom. The molecule has 3 saturated heterocycles. The minimum Gasteiger partial charge on any atom is -0.381 e. The van der Waals surface area contributed by atoms with E-state index in [0.29, 0.717) is 29.2 Å². The highest BCUT2D eigenvalue weighted by molar-refractivity contribution is 5.96. The van der Waals surface area contributed by atoms with E-state index in [9.17, 15) is 5.26 Å². The van der Waals surface area contributed by atoms with Gasteiger partial charge in [-0.1, -0.05) is 0 Å². The average molecular weight is 449 g/mol. The predicted octanol–water partition coefficient (Wildman–Crippen LogP) is 2.39. The lowest BCUT2D eigenvalue weighted by molar-refractivity contribution is 0.0721. The van der Waals surface area contributed by atoms with Crippen molar-refractivity contribution in [3.63, 3.8) is 0 Å². The van der Waals surface area contributed by atoms with E-state index in [1.54, 1.807) is 18.0 Å². The third-order valence-electron chi connectivity index (χ3n) is 7.40. The maximum Gasteiger partial charge on any atom is 0.174 e. The van der Waals surface area contributed by atoms with Gasteiger partial charge in [0.15, 0.2) is 17.2 Å². The first-order chi connectivity index (χ1) is 16.2. The second-order valence-electron chi connectivity index (χ2n) is 9.27. The van der Waals surface area contributed by atoms with Crippen molar-refractivity contribution in [3.05, 3.63) is 24.0 Å². The number of fused-ring (bicyclic) bond motifs is 3.